The van der Waals surface area contributed by atoms with E-state index < -0.39 is 10.1 Å². The first kappa shape index (κ1) is 24.0. The summed E-state index contributed by atoms with van der Waals surface area (Å²) in [5.41, 5.74) is 19.3. The Hall–Kier alpha value is -4.13. The predicted octanol–water partition coefficient (Wildman–Crippen LogP) is 6.41. The van der Waals surface area contributed by atoms with Crippen LogP contribution in [-0.2, 0) is 10.1 Å². The zero-order valence-corrected chi connectivity index (χ0v) is 20.0. The van der Waals surface area contributed by atoms with Crippen LogP contribution in [0.5, 0.6) is 0 Å². The summed E-state index contributed by atoms with van der Waals surface area (Å²) >= 11 is 0. The van der Waals surface area contributed by atoms with Crippen LogP contribution in [0.25, 0.3) is 35.4 Å². The largest absolute Gasteiger partial charge is 0.399 e. The molecule has 0 aromatic heterocycles. The van der Waals surface area contributed by atoms with E-state index in [9.17, 15) is 13.0 Å². The second-order valence-corrected chi connectivity index (χ2v) is 9.69. The first-order valence-electron chi connectivity index (χ1n) is 11.0. The van der Waals surface area contributed by atoms with E-state index in [0.717, 1.165) is 39.1 Å². The fraction of sp³-hybridized carbons (Fsp3) is 0.0345. The summed E-state index contributed by atoms with van der Waals surface area (Å²) in [7, 11) is -4.37. The maximum Gasteiger partial charge on any atom is 0.295 e. The zero-order valence-electron chi connectivity index (χ0n) is 19.2. The van der Waals surface area contributed by atoms with Crippen LogP contribution < -0.4 is 11.5 Å². The minimum atomic E-state index is -4.37. The maximum atomic E-state index is 11.6. The quantitative estimate of drug-likeness (QED) is 0.167. The second kappa shape index (κ2) is 10.0. The van der Waals surface area contributed by atoms with Crippen LogP contribution in [0.4, 0.5) is 11.4 Å². The Kier molecular flexibility index (Phi) is 6.87. The number of nitrogens with two attached hydrogens (primary N) is 2. The molecule has 5 nitrogen and oxygen atoms in total. The van der Waals surface area contributed by atoms with Crippen molar-refractivity contribution in [1.82, 2.24) is 0 Å². The highest BCUT2D eigenvalue weighted by atomic mass is 32.2. The van der Waals surface area contributed by atoms with E-state index in [0.29, 0.717) is 5.56 Å². The van der Waals surface area contributed by atoms with Gasteiger partial charge in [0.05, 0.1) is 0 Å². The van der Waals surface area contributed by atoms with Crippen LogP contribution in [0.3, 0.4) is 0 Å². The van der Waals surface area contributed by atoms with Gasteiger partial charge in [-0.25, -0.2) is 0 Å². The molecule has 0 saturated carbocycles. The Bertz CT molecular complexity index is 1520. The molecule has 4 aromatic rings. The fourth-order valence-corrected chi connectivity index (χ4v) is 4.46. The molecule has 0 spiro atoms. The van der Waals surface area contributed by atoms with Crippen molar-refractivity contribution in [2.24, 2.45) is 0 Å². The Morgan fingerprint density at radius 1 is 0.629 bits per heavy atom. The number of benzene rings is 4. The normalized spacial score (nSPS) is 11.9. The van der Waals surface area contributed by atoms with Crippen LogP contribution in [-0.4, -0.2) is 13.0 Å². The van der Waals surface area contributed by atoms with E-state index in [1.165, 1.54) is 6.07 Å². The molecule has 0 bridgehead atoms. The zero-order chi connectivity index (χ0) is 25.0. The summed E-state index contributed by atoms with van der Waals surface area (Å²) in [6.45, 7) is 2.04. The van der Waals surface area contributed by atoms with Crippen molar-refractivity contribution in [3.8, 4) is 11.1 Å². The van der Waals surface area contributed by atoms with Crippen molar-refractivity contribution < 1.29 is 13.0 Å². The molecule has 0 amide bonds. The van der Waals surface area contributed by atoms with Gasteiger partial charge in [-0.3, -0.25) is 4.55 Å². The van der Waals surface area contributed by atoms with Gasteiger partial charge in [0.1, 0.15) is 4.90 Å². The van der Waals surface area contributed by atoms with E-state index >= 15 is 0 Å². The number of hydrogen-bond acceptors (Lipinski definition) is 4. The van der Waals surface area contributed by atoms with E-state index in [1.807, 2.05) is 49.4 Å². The Balaban J connectivity index is 1.48. The monoisotopic (exact) mass is 482 g/mol. The molecule has 5 N–H and O–H groups in total. The van der Waals surface area contributed by atoms with Crippen molar-refractivity contribution in [3.63, 3.8) is 0 Å². The molecule has 6 heteroatoms. The van der Waals surface area contributed by atoms with Crippen LogP contribution in [0.2, 0.25) is 0 Å². The molecule has 4 rings (SSSR count). The lowest BCUT2D eigenvalue weighted by Gasteiger charge is -2.05. The van der Waals surface area contributed by atoms with Gasteiger partial charge < -0.3 is 11.5 Å². The van der Waals surface area contributed by atoms with Crippen LogP contribution in [0.15, 0.2) is 89.8 Å². The van der Waals surface area contributed by atoms with Crippen molar-refractivity contribution in [1.29, 1.82) is 0 Å². The number of aryl methyl sites for hydroxylation is 1. The highest BCUT2D eigenvalue weighted by Gasteiger charge is 2.14. The van der Waals surface area contributed by atoms with Gasteiger partial charge in [0.15, 0.2) is 0 Å². The fourth-order valence-electron chi connectivity index (χ4n) is 3.74. The van der Waals surface area contributed by atoms with Crippen molar-refractivity contribution in [2.75, 3.05) is 11.5 Å². The van der Waals surface area contributed by atoms with Crippen LogP contribution >= 0.6 is 0 Å². The molecule has 0 unspecified atom stereocenters. The van der Waals surface area contributed by atoms with Crippen LogP contribution in [0, 0.1) is 6.92 Å². The average Bonchev–Trinajstić information content (AvgIpc) is 2.83. The third-order valence-corrected chi connectivity index (χ3v) is 6.58. The van der Waals surface area contributed by atoms with Crippen molar-refractivity contribution in [3.05, 3.63) is 113 Å². The lowest BCUT2D eigenvalue weighted by molar-refractivity contribution is 0.483. The first-order chi connectivity index (χ1) is 16.7. The van der Waals surface area contributed by atoms with E-state index in [2.05, 4.69) is 36.4 Å². The Labute approximate surface area is 205 Å². The molecule has 0 aliphatic rings. The molecule has 0 radical (unpaired) electrons. The lowest BCUT2D eigenvalue weighted by atomic mass is 10.0. The average molecular weight is 483 g/mol. The first-order valence-corrected chi connectivity index (χ1v) is 12.4. The molecule has 4 aromatic carbocycles. The summed E-state index contributed by atoms with van der Waals surface area (Å²) in [6.07, 6.45) is 7.59. The molecule has 0 atom stereocenters. The van der Waals surface area contributed by atoms with Gasteiger partial charge in [0.2, 0.25) is 0 Å². The van der Waals surface area contributed by atoms with Gasteiger partial charge in [-0.1, -0.05) is 85.0 Å². The van der Waals surface area contributed by atoms with E-state index in [-0.39, 0.29) is 10.6 Å². The lowest BCUT2D eigenvalue weighted by Crippen LogP contribution is -2.02. The highest BCUT2D eigenvalue weighted by molar-refractivity contribution is 7.86. The highest BCUT2D eigenvalue weighted by Crippen LogP contribution is 2.24. The molecule has 0 fully saturated rings. The van der Waals surface area contributed by atoms with Gasteiger partial charge >= 0.3 is 0 Å². The second-order valence-electron chi connectivity index (χ2n) is 8.30. The molecule has 0 saturated heterocycles. The van der Waals surface area contributed by atoms with Gasteiger partial charge in [0.25, 0.3) is 10.1 Å². The van der Waals surface area contributed by atoms with Gasteiger partial charge in [-0.05, 0) is 70.1 Å². The summed E-state index contributed by atoms with van der Waals surface area (Å²) in [5, 5.41) is 0. The van der Waals surface area contributed by atoms with Crippen molar-refractivity contribution in [2.45, 2.75) is 11.8 Å². The molecular formula is C29H26N2O3S. The third-order valence-electron chi connectivity index (χ3n) is 5.67. The van der Waals surface area contributed by atoms with Gasteiger partial charge in [-0.2, -0.15) is 8.42 Å². The summed E-state index contributed by atoms with van der Waals surface area (Å²) < 4.78 is 32.7. The van der Waals surface area contributed by atoms with Gasteiger partial charge in [-0.15, -0.1) is 0 Å². The SMILES string of the molecule is Cc1cc(N)ccc1/C=C/c1ccc(-c2ccc(/C=C/c3ccc(N)cc3S(=O)(=O)O)cc2)cc1. The molecular weight excluding hydrogens is 456 g/mol. The number of nitrogen functional groups attached to an aromatic ring is 2. The number of hydrogen-bond donors (Lipinski definition) is 3. The Morgan fingerprint density at radius 2 is 1.09 bits per heavy atom. The van der Waals surface area contributed by atoms with Crippen LogP contribution in [0.1, 0.15) is 27.8 Å². The predicted molar refractivity (Wildman–Crippen MR) is 146 cm³/mol. The molecule has 0 aliphatic carbocycles. The Morgan fingerprint density at radius 3 is 1.57 bits per heavy atom. The number of anilines is 2. The molecule has 176 valence electrons. The maximum absolute atomic E-state index is 11.6. The number of rotatable bonds is 6. The van der Waals surface area contributed by atoms with E-state index in [4.69, 9.17) is 11.5 Å². The topological polar surface area (TPSA) is 106 Å². The van der Waals surface area contributed by atoms with E-state index in [1.54, 1.807) is 24.3 Å². The third kappa shape index (κ3) is 6.06. The smallest absolute Gasteiger partial charge is 0.295 e. The minimum absolute atomic E-state index is 0.217. The van der Waals surface area contributed by atoms with Gasteiger partial charge in [0, 0.05) is 11.4 Å². The summed E-state index contributed by atoms with van der Waals surface area (Å²) in [5.74, 6) is 0. The van der Waals surface area contributed by atoms with Crippen molar-refractivity contribution >= 4 is 45.8 Å². The standard InChI is InChI=1S/C29H26N2O3S/c1-20-18-27(30)16-14-23(20)8-2-21-3-9-24(10-4-21)25-11-5-22(6-12-25)7-13-26-15-17-28(31)19-29(26)35(32,33)34/h2-19H,30-31H2,1H3,(H,32,33,34)/b8-2+,13-7+. The molecule has 35 heavy (non-hydrogen) atoms. The summed E-state index contributed by atoms with van der Waals surface area (Å²) in [6, 6.07) is 26.5. The molecule has 0 heterocycles. The minimum Gasteiger partial charge on any atom is -0.399 e. The summed E-state index contributed by atoms with van der Waals surface area (Å²) in [4.78, 5) is -0.217. The molecule has 0 aliphatic heterocycles.